The summed E-state index contributed by atoms with van der Waals surface area (Å²) in [4.78, 5) is 23.4. The Morgan fingerprint density at radius 2 is 1.70 bits per heavy atom. The molecule has 1 N–H and O–H groups in total. The van der Waals surface area contributed by atoms with Gasteiger partial charge in [0.1, 0.15) is 0 Å². The molecule has 2 aromatic carbocycles. The molecule has 0 aromatic heterocycles. The van der Waals surface area contributed by atoms with Crippen LogP contribution in [0.1, 0.15) is 21.5 Å². The first-order valence-corrected chi connectivity index (χ1v) is 6.19. The molecule has 0 fully saturated rings. The zero-order chi connectivity index (χ0) is 14.5. The summed E-state index contributed by atoms with van der Waals surface area (Å²) in [5.41, 5.74) is 1.45. The van der Waals surface area contributed by atoms with Crippen LogP contribution in [-0.2, 0) is 0 Å². The van der Waals surface area contributed by atoms with Gasteiger partial charge in [0.2, 0.25) is 5.43 Å². The van der Waals surface area contributed by atoms with Gasteiger partial charge >= 0.3 is 0 Å². The van der Waals surface area contributed by atoms with Crippen molar-refractivity contribution < 1.29 is 9.90 Å². The lowest BCUT2D eigenvalue weighted by molar-refractivity contribution is 0.104. The smallest absolute Gasteiger partial charge is 0.220 e. The van der Waals surface area contributed by atoms with Crippen molar-refractivity contribution in [3.8, 4) is 5.75 Å². The maximum atomic E-state index is 12.0. The molecule has 0 aliphatic carbocycles. The van der Waals surface area contributed by atoms with Crippen molar-refractivity contribution in [1.29, 1.82) is 0 Å². The number of carbonyl (C=O) groups excluding carboxylic acids is 1. The minimum Gasteiger partial charge on any atom is -0.504 e. The lowest BCUT2D eigenvalue weighted by atomic mass is 10.1. The summed E-state index contributed by atoms with van der Waals surface area (Å²) in [6.07, 6.45) is 3.00. The van der Waals surface area contributed by atoms with Crippen molar-refractivity contribution in [2.75, 3.05) is 0 Å². The first-order valence-electron chi connectivity index (χ1n) is 6.19. The third-order valence-electron chi connectivity index (χ3n) is 2.88. The molecule has 3 nitrogen and oxygen atoms in total. The highest BCUT2D eigenvalue weighted by molar-refractivity contribution is 6.08. The Hall–Kier alpha value is -2.68. The van der Waals surface area contributed by atoms with E-state index in [1.165, 1.54) is 24.3 Å². The molecule has 0 heterocycles. The van der Waals surface area contributed by atoms with E-state index in [1.54, 1.807) is 12.1 Å². The summed E-state index contributed by atoms with van der Waals surface area (Å²) >= 11 is 0. The topological polar surface area (TPSA) is 54.4 Å². The highest BCUT2D eigenvalue weighted by atomic mass is 16.3. The van der Waals surface area contributed by atoms with Crippen molar-refractivity contribution in [2.24, 2.45) is 0 Å². The summed E-state index contributed by atoms with van der Waals surface area (Å²) in [6.45, 7) is 1.98. The van der Waals surface area contributed by atoms with Gasteiger partial charge in [-0.1, -0.05) is 48.0 Å². The van der Waals surface area contributed by atoms with Crippen molar-refractivity contribution in [3.05, 3.63) is 81.5 Å². The number of allylic oxidation sites excluding steroid dienone is 1. The molecule has 0 saturated heterocycles. The fourth-order valence-corrected chi connectivity index (χ4v) is 1.72. The second-order valence-electron chi connectivity index (χ2n) is 4.45. The van der Waals surface area contributed by atoms with E-state index in [0.29, 0.717) is 0 Å². The molecule has 2 aromatic rings. The Morgan fingerprint density at radius 3 is 2.40 bits per heavy atom. The van der Waals surface area contributed by atoms with Crippen LogP contribution in [0, 0.1) is 6.92 Å². The molecule has 0 spiro atoms. The van der Waals surface area contributed by atoms with Gasteiger partial charge in [-0.3, -0.25) is 9.59 Å². The molecule has 0 unspecified atom stereocenters. The van der Waals surface area contributed by atoms with E-state index in [4.69, 9.17) is 0 Å². The maximum absolute atomic E-state index is 12.0. The normalized spacial score (nSPS) is 10.7. The maximum Gasteiger partial charge on any atom is 0.220 e. The molecule has 0 bridgehead atoms. The molecule has 100 valence electrons. The van der Waals surface area contributed by atoms with E-state index < -0.39 is 17.0 Å². The number of hydrogen-bond acceptors (Lipinski definition) is 3. The quantitative estimate of drug-likeness (QED) is 0.686. The SMILES string of the molecule is Cc1ccc(/C=C/C(=O)c2ccccc(=O)c2O)cc1. The predicted molar refractivity (Wildman–Crippen MR) is 78.9 cm³/mol. The summed E-state index contributed by atoms with van der Waals surface area (Å²) in [5.74, 6) is -0.926. The van der Waals surface area contributed by atoms with Crippen LogP contribution in [0.3, 0.4) is 0 Å². The second kappa shape index (κ2) is 5.97. The molecule has 0 saturated carbocycles. The minimum atomic E-state index is -0.568. The van der Waals surface area contributed by atoms with Crippen LogP contribution >= 0.6 is 0 Å². The third kappa shape index (κ3) is 3.20. The average molecular weight is 266 g/mol. The molecular weight excluding hydrogens is 252 g/mol. The highest BCUT2D eigenvalue weighted by Gasteiger charge is 2.09. The van der Waals surface area contributed by atoms with Crippen LogP contribution < -0.4 is 5.43 Å². The number of carbonyl (C=O) groups is 1. The van der Waals surface area contributed by atoms with Gasteiger partial charge in [0, 0.05) is 0 Å². The Kier molecular flexibility index (Phi) is 4.11. The Morgan fingerprint density at radius 1 is 1.05 bits per heavy atom. The van der Waals surface area contributed by atoms with Gasteiger partial charge in [-0.05, 0) is 30.7 Å². The zero-order valence-corrected chi connectivity index (χ0v) is 11.0. The fraction of sp³-hybridized carbons (Fsp3) is 0.0588. The van der Waals surface area contributed by atoms with Gasteiger partial charge in [0.05, 0.1) is 5.56 Å². The van der Waals surface area contributed by atoms with Gasteiger partial charge in [-0.25, -0.2) is 0 Å². The Labute approximate surface area is 116 Å². The van der Waals surface area contributed by atoms with Gasteiger partial charge in [0.15, 0.2) is 11.5 Å². The summed E-state index contributed by atoms with van der Waals surface area (Å²) < 4.78 is 0. The predicted octanol–water partition coefficient (Wildman–Crippen LogP) is 2.96. The van der Waals surface area contributed by atoms with E-state index in [9.17, 15) is 14.7 Å². The van der Waals surface area contributed by atoms with Crippen LogP contribution in [0.15, 0.2) is 59.4 Å². The van der Waals surface area contributed by atoms with Gasteiger partial charge in [0.25, 0.3) is 0 Å². The van der Waals surface area contributed by atoms with Crippen LogP contribution in [0.2, 0.25) is 0 Å². The molecule has 0 radical (unpaired) electrons. The van der Waals surface area contributed by atoms with Crippen LogP contribution in [0.25, 0.3) is 6.08 Å². The van der Waals surface area contributed by atoms with Crippen molar-refractivity contribution >= 4 is 11.9 Å². The van der Waals surface area contributed by atoms with Gasteiger partial charge in [-0.15, -0.1) is 0 Å². The van der Waals surface area contributed by atoms with E-state index in [2.05, 4.69) is 0 Å². The van der Waals surface area contributed by atoms with Crippen LogP contribution in [0.5, 0.6) is 5.75 Å². The monoisotopic (exact) mass is 266 g/mol. The van der Waals surface area contributed by atoms with Crippen molar-refractivity contribution in [3.63, 3.8) is 0 Å². The number of ketones is 1. The standard InChI is InChI=1S/C17H14O3/c1-12-6-8-13(9-7-12)10-11-15(18)14-4-2-3-5-16(19)17(14)20/h2-11H,1H3,(H,19,20)/b11-10+. The summed E-state index contributed by atoms with van der Waals surface area (Å²) in [7, 11) is 0. The molecule has 0 amide bonds. The summed E-state index contributed by atoms with van der Waals surface area (Å²) in [5, 5.41) is 9.69. The van der Waals surface area contributed by atoms with E-state index >= 15 is 0 Å². The van der Waals surface area contributed by atoms with E-state index in [-0.39, 0.29) is 5.56 Å². The number of benzene rings is 1. The first-order chi connectivity index (χ1) is 9.58. The number of aromatic hydroxyl groups is 1. The third-order valence-corrected chi connectivity index (χ3v) is 2.88. The molecule has 0 aliphatic rings. The van der Waals surface area contributed by atoms with Gasteiger partial charge < -0.3 is 5.11 Å². The zero-order valence-electron chi connectivity index (χ0n) is 11.0. The van der Waals surface area contributed by atoms with Crippen molar-refractivity contribution in [2.45, 2.75) is 6.92 Å². The van der Waals surface area contributed by atoms with Crippen LogP contribution in [0.4, 0.5) is 0 Å². The van der Waals surface area contributed by atoms with E-state index in [1.807, 2.05) is 31.2 Å². The van der Waals surface area contributed by atoms with Crippen molar-refractivity contribution in [1.82, 2.24) is 0 Å². The number of aryl methyl sites for hydroxylation is 1. The molecule has 3 heteroatoms. The molecule has 2 rings (SSSR count). The molecule has 0 atom stereocenters. The number of hydrogen-bond donors (Lipinski definition) is 1. The molecule has 0 aliphatic heterocycles. The van der Waals surface area contributed by atoms with Gasteiger partial charge in [-0.2, -0.15) is 0 Å². The lowest BCUT2D eigenvalue weighted by Crippen LogP contribution is -2.01. The fourth-order valence-electron chi connectivity index (χ4n) is 1.72. The Bertz CT molecular complexity index is 713. The number of rotatable bonds is 3. The minimum absolute atomic E-state index is 0.00311. The summed E-state index contributed by atoms with van der Waals surface area (Å²) in [6, 6.07) is 13.4. The Balaban J connectivity index is 2.30. The molecule has 20 heavy (non-hydrogen) atoms. The first kappa shape index (κ1) is 13.7. The average Bonchev–Trinajstić information content (AvgIpc) is 2.61. The van der Waals surface area contributed by atoms with E-state index in [0.717, 1.165) is 11.1 Å². The second-order valence-corrected chi connectivity index (χ2v) is 4.45. The lowest BCUT2D eigenvalue weighted by Gasteiger charge is -1.96. The van der Waals surface area contributed by atoms with Crippen LogP contribution in [-0.4, -0.2) is 10.9 Å². The largest absolute Gasteiger partial charge is 0.504 e. The molecular formula is C17H14O3. The highest BCUT2D eigenvalue weighted by Crippen LogP contribution is 2.12.